The maximum atomic E-state index is 9.26. The summed E-state index contributed by atoms with van der Waals surface area (Å²) in [5.74, 6) is 0. The van der Waals surface area contributed by atoms with Gasteiger partial charge >= 0.3 is 0 Å². The summed E-state index contributed by atoms with van der Waals surface area (Å²) in [6, 6.07) is 5.75. The molecule has 2 N–H and O–H groups in total. The lowest BCUT2D eigenvalue weighted by Crippen LogP contribution is -2.03. The number of halogens is 1. The van der Waals surface area contributed by atoms with E-state index in [1.807, 2.05) is 23.6 Å². The Morgan fingerprint density at radius 3 is 3.00 bits per heavy atom. The quantitative estimate of drug-likeness (QED) is 0.910. The van der Waals surface area contributed by atoms with Crippen LogP contribution in [0.2, 0.25) is 0 Å². The van der Waals surface area contributed by atoms with Crippen LogP contribution in [0.25, 0.3) is 0 Å². The van der Waals surface area contributed by atoms with E-state index in [4.69, 9.17) is 0 Å². The molecule has 1 heterocycles. The van der Waals surface area contributed by atoms with Crippen LogP contribution in [-0.2, 0) is 13.2 Å². The second-order valence-electron chi connectivity index (χ2n) is 3.17. The van der Waals surface area contributed by atoms with Crippen LogP contribution in [0.15, 0.2) is 28.1 Å². The van der Waals surface area contributed by atoms with E-state index >= 15 is 0 Å². The van der Waals surface area contributed by atoms with Gasteiger partial charge in [-0.3, -0.25) is 0 Å². The molecule has 0 unspecified atom stereocenters. The summed E-state index contributed by atoms with van der Waals surface area (Å²) in [6.07, 6.45) is 0. The van der Waals surface area contributed by atoms with Gasteiger partial charge in [0.2, 0.25) is 0 Å². The van der Waals surface area contributed by atoms with E-state index in [1.54, 1.807) is 0 Å². The lowest BCUT2D eigenvalue weighted by atomic mass is 10.2. The molecule has 0 aliphatic rings. The van der Waals surface area contributed by atoms with E-state index in [9.17, 15) is 5.11 Å². The standard InChI is InChI=1S/C10H10BrN3OS/c11-9-2-1-3-10(8(9)5-15)12-4-7-6-16-14-13-7/h1-3,6,12,15H,4-5H2. The van der Waals surface area contributed by atoms with Gasteiger partial charge in [-0.05, 0) is 23.7 Å². The molecule has 0 saturated heterocycles. The van der Waals surface area contributed by atoms with E-state index in [0.717, 1.165) is 21.4 Å². The predicted molar refractivity (Wildman–Crippen MR) is 67.3 cm³/mol. The highest BCUT2D eigenvalue weighted by molar-refractivity contribution is 9.10. The van der Waals surface area contributed by atoms with E-state index in [-0.39, 0.29) is 6.61 Å². The Morgan fingerprint density at radius 2 is 2.31 bits per heavy atom. The molecular formula is C10H10BrN3OS. The largest absolute Gasteiger partial charge is 0.392 e. The van der Waals surface area contributed by atoms with Crippen molar-refractivity contribution in [1.82, 2.24) is 9.59 Å². The maximum absolute atomic E-state index is 9.26. The first-order valence-corrected chi connectivity index (χ1v) is 6.32. The van der Waals surface area contributed by atoms with E-state index in [1.165, 1.54) is 11.5 Å². The van der Waals surface area contributed by atoms with Gasteiger partial charge in [0.1, 0.15) is 0 Å². The Hall–Kier alpha value is -0.980. The first-order chi connectivity index (χ1) is 7.81. The third-order valence-electron chi connectivity index (χ3n) is 2.14. The summed E-state index contributed by atoms with van der Waals surface area (Å²) in [5, 5.41) is 18.3. The van der Waals surface area contributed by atoms with Crippen LogP contribution < -0.4 is 5.32 Å². The number of hydrogen-bond acceptors (Lipinski definition) is 5. The van der Waals surface area contributed by atoms with Gasteiger partial charge < -0.3 is 10.4 Å². The number of aliphatic hydroxyl groups excluding tert-OH is 1. The molecule has 1 aromatic heterocycles. The van der Waals surface area contributed by atoms with E-state index < -0.39 is 0 Å². The second kappa shape index (κ2) is 5.38. The van der Waals surface area contributed by atoms with Crippen molar-refractivity contribution in [1.29, 1.82) is 0 Å². The number of aromatic nitrogens is 2. The van der Waals surface area contributed by atoms with Crippen molar-refractivity contribution >= 4 is 33.1 Å². The van der Waals surface area contributed by atoms with Crippen LogP contribution in [0, 0.1) is 0 Å². The van der Waals surface area contributed by atoms with Gasteiger partial charge in [-0.2, -0.15) is 0 Å². The fourth-order valence-corrected chi connectivity index (χ4v) is 2.27. The summed E-state index contributed by atoms with van der Waals surface area (Å²) in [7, 11) is 0. The fourth-order valence-electron chi connectivity index (χ4n) is 1.33. The minimum absolute atomic E-state index is 0.000920. The molecule has 0 bridgehead atoms. The van der Waals surface area contributed by atoms with Gasteiger partial charge in [-0.25, -0.2) is 0 Å². The molecule has 16 heavy (non-hydrogen) atoms. The minimum atomic E-state index is -0.000920. The van der Waals surface area contributed by atoms with Crippen molar-refractivity contribution < 1.29 is 5.11 Å². The molecule has 0 radical (unpaired) electrons. The van der Waals surface area contributed by atoms with Crippen LogP contribution in [-0.4, -0.2) is 14.7 Å². The fraction of sp³-hybridized carbons (Fsp3) is 0.200. The molecule has 2 aromatic rings. The number of nitrogens with one attached hydrogen (secondary N) is 1. The normalized spacial score (nSPS) is 10.4. The number of aliphatic hydroxyl groups is 1. The second-order valence-corrected chi connectivity index (χ2v) is 4.64. The average molecular weight is 300 g/mol. The summed E-state index contributed by atoms with van der Waals surface area (Å²) >= 11 is 4.73. The van der Waals surface area contributed by atoms with Crippen LogP contribution in [0.3, 0.4) is 0 Å². The number of nitrogens with zero attached hydrogens (tertiary/aromatic N) is 2. The summed E-state index contributed by atoms with van der Waals surface area (Å²) in [5.41, 5.74) is 2.66. The van der Waals surface area contributed by atoms with Crippen LogP contribution in [0.5, 0.6) is 0 Å². The lowest BCUT2D eigenvalue weighted by Gasteiger charge is -2.10. The third-order valence-corrected chi connectivity index (χ3v) is 3.44. The zero-order valence-corrected chi connectivity index (χ0v) is 10.8. The molecule has 84 valence electrons. The molecule has 0 aliphatic heterocycles. The van der Waals surface area contributed by atoms with Crippen molar-refractivity contribution in [3.8, 4) is 0 Å². The highest BCUT2D eigenvalue weighted by Crippen LogP contribution is 2.25. The average Bonchev–Trinajstić information content (AvgIpc) is 2.79. The molecule has 0 aliphatic carbocycles. The zero-order chi connectivity index (χ0) is 11.4. The van der Waals surface area contributed by atoms with Gasteiger partial charge in [-0.15, -0.1) is 5.10 Å². The third kappa shape index (κ3) is 2.58. The maximum Gasteiger partial charge on any atom is 0.0946 e. The molecule has 6 heteroatoms. The van der Waals surface area contributed by atoms with Crippen molar-refractivity contribution in [3.05, 3.63) is 39.3 Å². The van der Waals surface area contributed by atoms with Gasteiger partial charge in [0.25, 0.3) is 0 Å². The molecule has 0 saturated carbocycles. The van der Waals surface area contributed by atoms with Crippen LogP contribution in [0.1, 0.15) is 11.3 Å². The molecule has 0 spiro atoms. The van der Waals surface area contributed by atoms with Crippen molar-refractivity contribution in [2.45, 2.75) is 13.2 Å². The Morgan fingerprint density at radius 1 is 1.44 bits per heavy atom. The van der Waals surface area contributed by atoms with Crippen molar-refractivity contribution in [2.75, 3.05) is 5.32 Å². The Labute approximate surface area is 106 Å². The van der Waals surface area contributed by atoms with Gasteiger partial charge in [-0.1, -0.05) is 26.5 Å². The lowest BCUT2D eigenvalue weighted by molar-refractivity contribution is 0.281. The van der Waals surface area contributed by atoms with Crippen LogP contribution >= 0.6 is 27.5 Å². The Balaban J connectivity index is 2.12. The molecular weight excluding hydrogens is 290 g/mol. The summed E-state index contributed by atoms with van der Waals surface area (Å²) < 4.78 is 4.69. The highest BCUT2D eigenvalue weighted by atomic mass is 79.9. The summed E-state index contributed by atoms with van der Waals surface area (Å²) in [4.78, 5) is 0. The topological polar surface area (TPSA) is 58.0 Å². The minimum Gasteiger partial charge on any atom is -0.392 e. The summed E-state index contributed by atoms with van der Waals surface area (Å²) in [6.45, 7) is 0.610. The van der Waals surface area contributed by atoms with Crippen molar-refractivity contribution in [3.63, 3.8) is 0 Å². The van der Waals surface area contributed by atoms with E-state index in [2.05, 4.69) is 30.8 Å². The number of benzene rings is 1. The first-order valence-electron chi connectivity index (χ1n) is 4.69. The monoisotopic (exact) mass is 299 g/mol. The SMILES string of the molecule is OCc1c(Br)cccc1NCc1csnn1. The highest BCUT2D eigenvalue weighted by Gasteiger charge is 2.05. The van der Waals surface area contributed by atoms with Crippen LogP contribution in [0.4, 0.5) is 5.69 Å². The van der Waals surface area contributed by atoms with Gasteiger partial charge in [0.15, 0.2) is 0 Å². The van der Waals surface area contributed by atoms with E-state index in [0.29, 0.717) is 6.54 Å². The zero-order valence-electron chi connectivity index (χ0n) is 8.35. The van der Waals surface area contributed by atoms with Gasteiger partial charge in [0, 0.05) is 21.1 Å². The van der Waals surface area contributed by atoms with Crippen molar-refractivity contribution in [2.24, 2.45) is 0 Å². The van der Waals surface area contributed by atoms with Gasteiger partial charge in [0.05, 0.1) is 18.8 Å². The number of rotatable bonds is 4. The molecule has 0 fully saturated rings. The molecule has 0 amide bonds. The molecule has 4 nitrogen and oxygen atoms in total. The number of hydrogen-bond donors (Lipinski definition) is 2. The first kappa shape index (κ1) is 11.5. The smallest absolute Gasteiger partial charge is 0.0946 e. The molecule has 0 atom stereocenters. The predicted octanol–water partition coefficient (Wildman–Crippen LogP) is 2.41. The Bertz CT molecular complexity index is 461. The molecule has 1 aromatic carbocycles. The molecule has 2 rings (SSSR count). The Kier molecular flexibility index (Phi) is 3.87. The number of anilines is 1.